The molecule has 2 rings (SSSR count). The molecule has 1 N–H and O–H groups in total. The third-order valence-electron chi connectivity index (χ3n) is 3.91. The quantitative estimate of drug-likeness (QED) is 0.837. The van der Waals surface area contributed by atoms with Crippen LogP contribution in [0, 0.1) is 0 Å². The standard InChI is InChI=1S/C15H28N2O3/c1-15(2,3)20-14(19)17(12-6-7-12)11-13-5-4-8-16(13)9-10-18/h12-13,18H,4-11H2,1-3H3/t13-/m0/s1. The van der Waals surface area contributed by atoms with Gasteiger partial charge in [0.25, 0.3) is 0 Å². The lowest BCUT2D eigenvalue weighted by atomic mass is 10.2. The predicted octanol–water partition coefficient (Wildman–Crippen LogP) is 1.84. The van der Waals surface area contributed by atoms with E-state index in [9.17, 15) is 4.79 Å². The molecule has 2 aliphatic rings. The number of hydrogen-bond acceptors (Lipinski definition) is 4. The fourth-order valence-electron chi connectivity index (χ4n) is 2.83. The highest BCUT2D eigenvalue weighted by atomic mass is 16.6. The highest BCUT2D eigenvalue weighted by molar-refractivity contribution is 5.69. The van der Waals surface area contributed by atoms with Gasteiger partial charge in [-0.1, -0.05) is 0 Å². The Morgan fingerprint density at radius 2 is 2.05 bits per heavy atom. The van der Waals surface area contributed by atoms with Crippen molar-refractivity contribution >= 4 is 6.09 Å². The van der Waals surface area contributed by atoms with Crippen LogP contribution in [0.25, 0.3) is 0 Å². The van der Waals surface area contributed by atoms with Crippen molar-refractivity contribution in [2.45, 2.75) is 64.1 Å². The number of nitrogens with zero attached hydrogens (tertiary/aromatic N) is 2. The predicted molar refractivity (Wildman–Crippen MR) is 77.6 cm³/mol. The Morgan fingerprint density at radius 1 is 1.35 bits per heavy atom. The number of carbonyl (C=O) groups excluding carboxylic acids is 1. The number of rotatable bonds is 5. The number of aliphatic hydroxyl groups excluding tert-OH is 1. The third kappa shape index (κ3) is 4.35. The van der Waals surface area contributed by atoms with Crippen molar-refractivity contribution in [3.8, 4) is 0 Å². The van der Waals surface area contributed by atoms with E-state index in [1.807, 2.05) is 25.7 Å². The van der Waals surface area contributed by atoms with Crippen molar-refractivity contribution < 1.29 is 14.6 Å². The monoisotopic (exact) mass is 284 g/mol. The van der Waals surface area contributed by atoms with E-state index in [2.05, 4.69) is 4.90 Å². The van der Waals surface area contributed by atoms with Crippen molar-refractivity contribution in [3.05, 3.63) is 0 Å². The van der Waals surface area contributed by atoms with Crippen molar-refractivity contribution in [1.29, 1.82) is 0 Å². The molecule has 0 aromatic carbocycles. The van der Waals surface area contributed by atoms with Gasteiger partial charge in [0.15, 0.2) is 0 Å². The Balaban J connectivity index is 1.93. The number of carbonyl (C=O) groups is 1. The SMILES string of the molecule is CC(C)(C)OC(=O)N(C[C@@H]1CCCN1CCO)C1CC1. The first kappa shape index (κ1) is 15.6. The first-order chi connectivity index (χ1) is 9.40. The van der Waals surface area contributed by atoms with Crippen LogP contribution in [0.3, 0.4) is 0 Å². The van der Waals surface area contributed by atoms with E-state index in [1.54, 1.807) is 0 Å². The van der Waals surface area contributed by atoms with E-state index in [1.165, 1.54) is 0 Å². The van der Waals surface area contributed by atoms with Gasteiger partial charge in [0.2, 0.25) is 0 Å². The van der Waals surface area contributed by atoms with Gasteiger partial charge in [-0.25, -0.2) is 4.79 Å². The van der Waals surface area contributed by atoms with Gasteiger partial charge in [0, 0.05) is 25.2 Å². The molecule has 1 atom stereocenters. The fourth-order valence-corrected chi connectivity index (χ4v) is 2.83. The van der Waals surface area contributed by atoms with Gasteiger partial charge in [0.1, 0.15) is 5.60 Å². The molecule has 0 aromatic rings. The Bertz CT molecular complexity index is 337. The zero-order valence-corrected chi connectivity index (χ0v) is 13.0. The molecule has 0 spiro atoms. The molecule has 116 valence electrons. The summed E-state index contributed by atoms with van der Waals surface area (Å²) in [4.78, 5) is 16.5. The molecular weight excluding hydrogens is 256 g/mol. The molecule has 1 heterocycles. The van der Waals surface area contributed by atoms with Crippen LogP contribution >= 0.6 is 0 Å². The third-order valence-corrected chi connectivity index (χ3v) is 3.91. The highest BCUT2D eigenvalue weighted by Gasteiger charge is 2.38. The van der Waals surface area contributed by atoms with E-state index in [0.717, 1.165) is 38.8 Å². The topological polar surface area (TPSA) is 53.0 Å². The average Bonchev–Trinajstić information content (AvgIpc) is 3.07. The Labute approximate surface area is 121 Å². The first-order valence-electron chi connectivity index (χ1n) is 7.75. The van der Waals surface area contributed by atoms with Crippen LogP contribution in [0.5, 0.6) is 0 Å². The van der Waals surface area contributed by atoms with Crippen LogP contribution in [-0.2, 0) is 4.74 Å². The Kier molecular flexibility index (Phi) is 4.91. The molecular formula is C15H28N2O3. The molecule has 0 radical (unpaired) electrons. The summed E-state index contributed by atoms with van der Waals surface area (Å²) in [6, 6.07) is 0.733. The maximum Gasteiger partial charge on any atom is 0.410 e. The van der Waals surface area contributed by atoms with Gasteiger partial charge >= 0.3 is 6.09 Å². The summed E-state index contributed by atoms with van der Waals surface area (Å²) in [6.07, 6.45) is 4.25. The molecule has 1 amide bonds. The molecule has 0 unspecified atom stereocenters. The molecule has 0 aromatic heterocycles. The summed E-state index contributed by atoms with van der Waals surface area (Å²) >= 11 is 0. The van der Waals surface area contributed by atoms with E-state index in [0.29, 0.717) is 18.6 Å². The van der Waals surface area contributed by atoms with Crippen LogP contribution in [0.1, 0.15) is 46.5 Å². The van der Waals surface area contributed by atoms with Crippen molar-refractivity contribution in [1.82, 2.24) is 9.80 Å². The first-order valence-corrected chi connectivity index (χ1v) is 7.75. The van der Waals surface area contributed by atoms with E-state index in [4.69, 9.17) is 9.84 Å². The lowest BCUT2D eigenvalue weighted by Crippen LogP contribution is -2.46. The van der Waals surface area contributed by atoms with Gasteiger partial charge in [-0.15, -0.1) is 0 Å². The van der Waals surface area contributed by atoms with Crippen LogP contribution in [0.15, 0.2) is 0 Å². The number of ether oxygens (including phenoxy) is 1. The molecule has 1 saturated carbocycles. The summed E-state index contributed by atoms with van der Waals surface area (Å²) in [7, 11) is 0. The maximum atomic E-state index is 12.3. The van der Waals surface area contributed by atoms with Crippen LogP contribution in [0.2, 0.25) is 0 Å². The normalized spacial score (nSPS) is 23.9. The van der Waals surface area contributed by atoms with E-state index >= 15 is 0 Å². The number of β-amino-alcohol motifs (C(OH)–C–C–N with tert-alkyl or cyclic N) is 1. The lowest BCUT2D eigenvalue weighted by molar-refractivity contribution is 0.0182. The van der Waals surface area contributed by atoms with E-state index in [-0.39, 0.29) is 12.7 Å². The zero-order chi connectivity index (χ0) is 14.8. The van der Waals surface area contributed by atoms with Gasteiger partial charge < -0.3 is 14.7 Å². The highest BCUT2D eigenvalue weighted by Crippen LogP contribution is 2.30. The second-order valence-corrected chi connectivity index (χ2v) is 6.92. The lowest BCUT2D eigenvalue weighted by Gasteiger charge is -2.32. The molecule has 1 saturated heterocycles. The van der Waals surface area contributed by atoms with Crippen LogP contribution in [0.4, 0.5) is 4.79 Å². The van der Waals surface area contributed by atoms with Gasteiger partial charge in [-0.05, 0) is 53.0 Å². The van der Waals surface area contributed by atoms with Crippen molar-refractivity contribution in [3.63, 3.8) is 0 Å². The Hall–Kier alpha value is -0.810. The van der Waals surface area contributed by atoms with Gasteiger partial charge in [-0.3, -0.25) is 4.90 Å². The van der Waals surface area contributed by atoms with Gasteiger partial charge in [0.05, 0.1) is 6.61 Å². The largest absolute Gasteiger partial charge is 0.444 e. The van der Waals surface area contributed by atoms with E-state index < -0.39 is 5.60 Å². The molecule has 1 aliphatic carbocycles. The zero-order valence-electron chi connectivity index (χ0n) is 13.0. The molecule has 5 heteroatoms. The fraction of sp³-hybridized carbons (Fsp3) is 0.933. The Morgan fingerprint density at radius 3 is 2.60 bits per heavy atom. The van der Waals surface area contributed by atoms with Crippen molar-refractivity contribution in [2.75, 3.05) is 26.2 Å². The average molecular weight is 284 g/mol. The number of aliphatic hydroxyl groups is 1. The smallest absolute Gasteiger partial charge is 0.410 e. The minimum absolute atomic E-state index is 0.184. The summed E-state index contributed by atoms with van der Waals surface area (Å²) < 4.78 is 5.53. The van der Waals surface area contributed by atoms with Crippen LogP contribution < -0.4 is 0 Å². The number of likely N-dealkylation sites (tertiary alicyclic amines) is 1. The molecule has 0 bridgehead atoms. The maximum absolute atomic E-state index is 12.3. The summed E-state index contributed by atoms with van der Waals surface area (Å²) in [5, 5.41) is 9.12. The van der Waals surface area contributed by atoms with Crippen molar-refractivity contribution in [2.24, 2.45) is 0 Å². The van der Waals surface area contributed by atoms with Crippen LogP contribution in [-0.4, -0.2) is 64.9 Å². The second-order valence-electron chi connectivity index (χ2n) is 6.92. The molecule has 20 heavy (non-hydrogen) atoms. The molecule has 5 nitrogen and oxygen atoms in total. The summed E-state index contributed by atoms with van der Waals surface area (Å²) in [6.45, 7) is 8.37. The molecule has 2 fully saturated rings. The number of hydrogen-bond donors (Lipinski definition) is 1. The van der Waals surface area contributed by atoms with Gasteiger partial charge in [-0.2, -0.15) is 0 Å². The summed E-state index contributed by atoms with van der Waals surface area (Å²) in [5.41, 5.74) is -0.440. The number of amides is 1. The molecule has 1 aliphatic heterocycles. The second kappa shape index (κ2) is 6.31. The summed E-state index contributed by atoms with van der Waals surface area (Å²) in [5.74, 6) is 0. The minimum Gasteiger partial charge on any atom is -0.444 e. The minimum atomic E-state index is -0.440.